The van der Waals surface area contributed by atoms with Crippen LogP contribution >= 0.6 is 15.9 Å². The lowest BCUT2D eigenvalue weighted by Crippen LogP contribution is -2.02. The SMILES string of the molecule is NCCc1ccc2c(ccn2Cc2ccc(Br)cc2)c1. The minimum atomic E-state index is 0.700. The molecule has 0 aliphatic heterocycles. The number of nitrogens with zero attached hydrogens (tertiary/aromatic N) is 1. The van der Waals surface area contributed by atoms with E-state index in [1.807, 2.05) is 0 Å². The molecule has 0 bridgehead atoms. The van der Waals surface area contributed by atoms with Crippen LogP contribution in [-0.2, 0) is 13.0 Å². The number of fused-ring (bicyclic) bond motifs is 1. The topological polar surface area (TPSA) is 30.9 Å². The van der Waals surface area contributed by atoms with Crippen LogP contribution in [0.4, 0.5) is 0 Å². The highest BCUT2D eigenvalue weighted by Crippen LogP contribution is 2.20. The Hall–Kier alpha value is -1.58. The molecule has 3 aromatic rings. The van der Waals surface area contributed by atoms with Crippen molar-refractivity contribution in [3.05, 3.63) is 70.3 Å². The zero-order valence-electron chi connectivity index (χ0n) is 11.2. The van der Waals surface area contributed by atoms with Gasteiger partial charge in [-0.3, -0.25) is 0 Å². The number of rotatable bonds is 4. The molecule has 0 aliphatic carbocycles. The van der Waals surface area contributed by atoms with Crippen molar-refractivity contribution >= 4 is 26.8 Å². The standard InChI is InChI=1S/C17H17BrN2/c18-16-4-1-14(2-5-16)12-20-10-8-15-11-13(7-9-19)3-6-17(15)20/h1-6,8,10-11H,7,9,12,19H2. The zero-order chi connectivity index (χ0) is 13.9. The van der Waals surface area contributed by atoms with Crippen molar-refractivity contribution in [1.82, 2.24) is 4.57 Å². The summed E-state index contributed by atoms with van der Waals surface area (Å²) < 4.78 is 3.40. The van der Waals surface area contributed by atoms with E-state index >= 15 is 0 Å². The molecule has 0 saturated heterocycles. The molecular weight excluding hydrogens is 312 g/mol. The smallest absolute Gasteiger partial charge is 0.0483 e. The van der Waals surface area contributed by atoms with Crippen LogP contribution in [-0.4, -0.2) is 11.1 Å². The second-order valence-electron chi connectivity index (χ2n) is 5.00. The molecule has 1 heterocycles. The Morgan fingerprint density at radius 1 is 0.950 bits per heavy atom. The molecule has 0 aliphatic rings. The molecule has 3 rings (SSSR count). The lowest BCUT2D eigenvalue weighted by molar-refractivity contribution is 0.836. The van der Waals surface area contributed by atoms with Gasteiger partial charge in [-0.15, -0.1) is 0 Å². The van der Waals surface area contributed by atoms with Gasteiger partial charge in [-0.1, -0.05) is 34.1 Å². The fourth-order valence-corrected chi connectivity index (χ4v) is 2.76. The molecule has 102 valence electrons. The minimum Gasteiger partial charge on any atom is -0.343 e. The molecule has 1 aromatic heterocycles. The summed E-state index contributed by atoms with van der Waals surface area (Å²) in [5, 5.41) is 1.29. The Balaban J connectivity index is 1.90. The Morgan fingerprint density at radius 2 is 1.70 bits per heavy atom. The van der Waals surface area contributed by atoms with Crippen molar-refractivity contribution < 1.29 is 0 Å². The number of nitrogens with two attached hydrogens (primary N) is 1. The Morgan fingerprint density at radius 3 is 2.45 bits per heavy atom. The van der Waals surface area contributed by atoms with E-state index in [9.17, 15) is 0 Å². The van der Waals surface area contributed by atoms with Gasteiger partial charge >= 0.3 is 0 Å². The average molecular weight is 329 g/mol. The summed E-state index contributed by atoms with van der Waals surface area (Å²) in [5.74, 6) is 0. The molecule has 2 N–H and O–H groups in total. The van der Waals surface area contributed by atoms with E-state index in [2.05, 4.69) is 75.2 Å². The Kier molecular flexibility index (Phi) is 3.90. The number of aromatic nitrogens is 1. The highest BCUT2D eigenvalue weighted by molar-refractivity contribution is 9.10. The van der Waals surface area contributed by atoms with Gasteiger partial charge in [0.1, 0.15) is 0 Å². The van der Waals surface area contributed by atoms with Crippen LogP contribution in [0.15, 0.2) is 59.2 Å². The molecule has 3 heteroatoms. The Bertz CT molecular complexity index is 713. The average Bonchev–Trinajstić information content (AvgIpc) is 2.84. The third-order valence-electron chi connectivity index (χ3n) is 3.53. The van der Waals surface area contributed by atoms with Gasteiger partial charge in [-0.05, 0) is 59.8 Å². The largest absolute Gasteiger partial charge is 0.343 e. The van der Waals surface area contributed by atoms with E-state index in [0.29, 0.717) is 6.54 Å². The summed E-state index contributed by atoms with van der Waals surface area (Å²) in [7, 11) is 0. The van der Waals surface area contributed by atoms with Crippen molar-refractivity contribution in [2.75, 3.05) is 6.54 Å². The van der Waals surface area contributed by atoms with Crippen LogP contribution in [0, 0.1) is 0 Å². The van der Waals surface area contributed by atoms with Crippen molar-refractivity contribution in [3.63, 3.8) is 0 Å². The van der Waals surface area contributed by atoms with Crippen molar-refractivity contribution in [3.8, 4) is 0 Å². The quantitative estimate of drug-likeness (QED) is 0.772. The van der Waals surface area contributed by atoms with Crippen LogP contribution < -0.4 is 5.73 Å². The van der Waals surface area contributed by atoms with Crippen molar-refractivity contribution in [2.24, 2.45) is 5.73 Å². The van der Waals surface area contributed by atoms with Gasteiger partial charge in [0.2, 0.25) is 0 Å². The van der Waals surface area contributed by atoms with Gasteiger partial charge in [-0.2, -0.15) is 0 Å². The second-order valence-corrected chi connectivity index (χ2v) is 5.92. The maximum absolute atomic E-state index is 5.62. The fourth-order valence-electron chi connectivity index (χ4n) is 2.50. The number of hydrogen-bond acceptors (Lipinski definition) is 1. The van der Waals surface area contributed by atoms with Crippen LogP contribution in [0.3, 0.4) is 0 Å². The summed E-state index contributed by atoms with van der Waals surface area (Å²) in [5.41, 5.74) is 9.50. The van der Waals surface area contributed by atoms with Crippen molar-refractivity contribution in [1.29, 1.82) is 0 Å². The molecule has 2 aromatic carbocycles. The summed E-state index contributed by atoms with van der Waals surface area (Å²) >= 11 is 3.47. The van der Waals surface area contributed by atoms with Crippen LogP contribution in [0.5, 0.6) is 0 Å². The van der Waals surface area contributed by atoms with Crippen LogP contribution in [0.1, 0.15) is 11.1 Å². The molecule has 0 fully saturated rings. The fraction of sp³-hybridized carbons (Fsp3) is 0.176. The molecular formula is C17H17BrN2. The van der Waals surface area contributed by atoms with E-state index in [1.54, 1.807) is 0 Å². The number of hydrogen-bond donors (Lipinski definition) is 1. The van der Waals surface area contributed by atoms with Gasteiger partial charge in [0.15, 0.2) is 0 Å². The minimum absolute atomic E-state index is 0.700. The van der Waals surface area contributed by atoms with Crippen LogP contribution in [0.2, 0.25) is 0 Å². The number of halogens is 1. The first-order valence-electron chi connectivity index (χ1n) is 6.78. The zero-order valence-corrected chi connectivity index (χ0v) is 12.8. The third-order valence-corrected chi connectivity index (χ3v) is 4.06. The van der Waals surface area contributed by atoms with Crippen LogP contribution in [0.25, 0.3) is 10.9 Å². The van der Waals surface area contributed by atoms with E-state index in [1.165, 1.54) is 22.0 Å². The second kappa shape index (κ2) is 5.81. The lowest BCUT2D eigenvalue weighted by atomic mass is 10.1. The number of benzene rings is 2. The van der Waals surface area contributed by atoms with Crippen molar-refractivity contribution in [2.45, 2.75) is 13.0 Å². The predicted molar refractivity (Wildman–Crippen MR) is 87.9 cm³/mol. The molecule has 20 heavy (non-hydrogen) atoms. The predicted octanol–water partition coefficient (Wildman–Crippen LogP) is 3.95. The highest BCUT2D eigenvalue weighted by atomic mass is 79.9. The lowest BCUT2D eigenvalue weighted by Gasteiger charge is -2.07. The van der Waals surface area contributed by atoms with E-state index in [0.717, 1.165) is 17.4 Å². The van der Waals surface area contributed by atoms with Gasteiger partial charge in [0.05, 0.1) is 0 Å². The molecule has 0 atom stereocenters. The first kappa shape index (κ1) is 13.4. The van der Waals surface area contributed by atoms with E-state index in [4.69, 9.17) is 5.73 Å². The van der Waals surface area contributed by atoms with E-state index in [-0.39, 0.29) is 0 Å². The Labute approximate surface area is 127 Å². The summed E-state index contributed by atoms with van der Waals surface area (Å²) in [6, 6.07) is 17.2. The molecule has 0 spiro atoms. The van der Waals surface area contributed by atoms with Gasteiger partial charge in [0.25, 0.3) is 0 Å². The maximum atomic E-state index is 5.62. The molecule has 0 unspecified atom stereocenters. The third kappa shape index (κ3) is 2.79. The normalized spacial score (nSPS) is 11.1. The molecule has 2 nitrogen and oxygen atoms in total. The van der Waals surface area contributed by atoms with Gasteiger partial charge in [0, 0.05) is 22.7 Å². The maximum Gasteiger partial charge on any atom is 0.0483 e. The summed E-state index contributed by atoms with van der Waals surface area (Å²) in [6.07, 6.45) is 3.09. The monoisotopic (exact) mass is 328 g/mol. The molecule has 0 radical (unpaired) electrons. The first-order chi connectivity index (χ1) is 9.76. The van der Waals surface area contributed by atoms with Gasteiger partial charge < -0.3 is 10.3 Å². The molecule has 0 saturated carbocycles. The first-order valence-corrected chi connectivity index (χ1v) is 7.58. The highest BCUT2D eigenvalue weighted by Gasteiger charge is 2.03. The molecule has 0 amide bonds. The van der Waals surface area contributed by atoms with Gasteiger partial charge in [-0.25, -0.2) is 0 Å². The summed E-state index contributed by atoms with van der Waals surface area (Å²) in [6.45, 7) is 1.60. The van der Waals surface area contributed by atoms with E-state index < -0.39 is 0 Å². The summed E-state index contributed by atoms with van der Waals surface area (Å²) in [4.78, 5) is 0.